The van der Waals surface area contributed by atoms with Crippen molar-refractivity contribution < 1.29 is 17.9 Å². The second-order valence-electron chi connectivity index (χ2n) is 8.53. The van der Waals surface area contributed by atoms with Crippen molar-refractivity contribution in [3.63, 3.8) is 0 Å². The predicted octanol–water partition coefficient (Wildman–Crippen LogP) is 4.48. The van der Waals surface area contributed by atoms with Gasteiger partial charge in [0.15, 0.2) is 6.61 Å². The predicted molar refractivity (Wildman–Crippen MR) is 137 cm³/mol. The smallest absolute Gasteiger partial charge is 0.258 e. The van der Waals surface area contributed by atoms with Gasteiger partial charge < -0.3 is 10.1 Å². The molecule has 0 radical (unpaired) electrons. The van der Waals surface area contributed by atoms with E-state index in [1.54, 1.807) is 24.3 Å². The number of hydrogen-bond acceptors (Lipinski definition) is 4. The second kappa shape index (κ2) is 11.7. The van der Waals surface area contributed by atoms with E-state index in [-0.39, 0.29) is 25.1 Å². The van der Waals surface area contributed by atoms with Crippen LogP contribution in [0.3, 0.4) is 0 Å². The molecule has 0 unspecified atom stereocenters. The molecule has 0 aromatic heterocycles. The molecule has 0 aliphatic carbocycles. The largest absolute Gasteiger partial charge is 0.484 e. The van der Waals surface area contributed by atoms with Gasteiger partial charge in [0.05, 0.1) is 18.5 Å². The van der Waals surface area contributed by atoms with Gasteiger partial charge in [-0.25, -0.2) is 8.42 Å². The number of anilines is 1. The highest BCUT2D eigenvalue weighted by Gasteiger charge is 2.18. The van der Waals surface area contributed by atoms with E-state index < -0.39 is 10.0 Å². The third-order valence-electron chi connectivity index (χ3n) is 5.46. The number of ether oxygens (including phenoxy) is 1. The fourth-order valence-corrected chi connectivity index (χ4v) is 4.42. The number of hydrogen-bond donors (Lipinski definition) is 1. The minimum Gasteiger partial charge on any atom is -0.484 e. The lowest BCUT2D eigenvalue weighted by atomic mass is 10.1. The summed E-state index contributed by atoms with van der Waals surface area (Å²) >= 11 is 0. The lowest BCUT2D eigenvalue weighted by molar-refractivity contribution is -0.123. The van der Waals surface area contributed by atoms with Gasteiger partial charge in [-0.2, -0.15) is 0 Å². The summed E-state index contributed by atoms with van der Waals surface area (Å²) in [6.45, 7) is 4.10. The number of nitrogens with zero attached hydrogens (tertiary/aromatic N) is 1. The monoisotopic (exact) mass is 480 g/mol. The lowest BCUT2D eigenvalue weighted by Crippen LogP contribution is -2.36. The molecular formula is C27H32N2O4S. The molecule has 3 aromatic rings. The Morgan fingerprint density at radius 2 is 1.59 bits per heavy atom. The molecule has 3 rings (SSSR count). The van der Waals surface area contributed by atoms with Crippen molar-refractivity contribution in [2.75, 3.05) is 17.2 Å². The summed E-state index contributed by atoms with van der Waals surface area (Å²) in [5.74, 6) is 0.307. The van der Waals surface area contributed by atoms with E-state index in [0.717, 1.165) is 24.0 Å². The van der Waals surface area contributed by atoms with Crippen molar-refractivity contribution in [3.8, 4) is 5.75 Å². The van der Waals surface area contributed by atoms with E-state index in [1.165, 1.54) is 16.1 Å². The maximum Gasteiger partial charge on any atom is 0.258 e. The summed E-state index contributed by atoms with van der Waals surface area (Å²) in [5.41, 5.74) is 3.79. The topological polar surface area (TPSA) is 75.7 Å². The standard InChI is InChI=1S/C27H32N2O4S/c1-21-9-12-24(13-10-21)19-29(34(3,31)32)25-15-17-26(18-16-25)33-20-27(30)28-22(2)11-14-23-7-5-4-6-8-23/h4-10,12-13,15-18,22H,11,14,19-20H2,1-3H3,(H,28,30)/t22-/m1/s1. The van der Waals surface area contributed by atoms with Crippen LogP contribution < -0.4 is 14.4 Å². The molecule has 3 aromatic carbocycles. The molecule has 7 heteroatoms. The van der Waals surface area contributed by atoms with Gasteiger partial charge in [-0.05, 0) is 62.1 Å². The number of benzene rings is 3. The first-order valence-electron chi connectivity index (χ1n) is 11.3. The van der Waals surface area contributed by atoms with Crippen LogP contribution in [0.25, 0.3) is 0 Å². The summed E-state index contributed by atoms with van der Waals surface area (Å²) in [6, 6.07) is 24.7. The summed E-state index contributed by atoms with van der Waals surface area (Å²) in [6.07, 6.45) is 2.92. The highest BCUT2D eigenvalue weighted by atomic mass is 32.2. The Kier molecular flexibility index (Phi) is 8.71. The molecule has 0 heterocycles. The van der Waals surface area contributed by atoms with E-state index in [4.69, 9.17) is 4.74 Å². The fourth-order valence-electron chi connectivity index (χ4n) is 3.53. The molecule has 6 nitrogen and oxygen atoms in total. The van der Waals surface area contributed by atoms with Crippen LogP contribution >= 0.6 is 0 Å². The first-order valence-corrected chi connectivity index (χ1v) is 13.1. The zero-order valence-corrected chi connectivity index (χ0v) is 20.7. The Hall–Kier alpha value is -3.32. The molecule has 34 heavy (non-hydrogen) atoms. The summed E-state index contributed by atoms with van der Waals surface area (Å²) in [5, 5.41) is 2.95. The fraction of sp³-hybridized carbons (Fsp3) is 0.296. The maximum absolute atomic E-state index is 12.4. The van der Waals surface area contributed by atoms with Crippen molar-refractivity contribution in [1.29, 1.82) is 0 Å². The molecule has 0 aliphatic heterocycles. The van der Waals surface area contributed by atoms with Crippen LogP contribution in [-0.2, 0) is 27.8 Å². The summed E-state index contributed by atoms with van der Waals surface area (Å²) in [7, 11) is -3.48. The van der Waals surface area contributed by atoms with Crippen molar-refractivity contribution in [2.24, 2.45) is 0 Å². The van der Waals surface area contributed by atoms with Crippen molar-refractivity contribution in [1.82, 2.24) is 5.32 Å². The van der Waals surface area contributed by atoms with Gasteiger partial charge in [0, 0.05) is 6.04 Å². The van der Waals surface area contributed by atoms with Gasteiger partial charge in [0.25, 0.3) is 5.91 Å². The zero-order valence-electron chi connectivity index (χ0n) is 19.9. The van der Waals surface area contributed by atoms with Crippen LogP contribution in [-0.4, -0.2) is 33.2 Å². The van der Waals surface area contributed by atoms with Gasteiger partial charge in [-0.15, -0.1) is 0 Å². The summed E-state index contributed by atoms with van der Waals surface area (Å²) in [4.78, 5) is 12.2. The molecule has 1 N–H and O–H groups in total. The molecule has 0 aliphatic rings. The molecule has 0 spiro atoms. The number of sulfonamides is 1. The lowest BCUT2D eigenvalue weighted by Gasteiger charge is -2.23. The molecule has 0 bridgehead atoms. The highest BCUT2D eigenvalue weighted by Crippen LogP contribution is 2.24. The third-order valence-corrected chi connectivity index (χ3v) is 6.60. The Labute approximate surface area is 202 Å². The van der Waals surface area contributed by atoms with Gasteiger partial charge in [0.1, 0.15) is 5.75 Å². The normalized spacial score (nSPS) is 12.1. The van der Waals surface area contributed by atoms with E-state index in [1.807, 2.05) is 56.3 Å². The minimum absolute atomic E-state index is 0.0313. The molecule has 1 amide bonds. The molecule has 180 valence electrons. The van der Waals surface area contributed by atoms with Crippen LogP contribution in [0, 0.1) is 6.92 Å². The second-order valence-corrected chi connectivity index (χ2v) is 10.4. The van der Waals surface area contributed by atoms with Crippen LogP contribution in [0.5, 0.6) is 5.75 Å². The van der Waals surface area contributed by atoms with Gasteiger partial charge >= 0.3 is 0 Å². The molecule has 0 saturated heterocycles. The maximum atomic E-state index is 12.4. The van der Waals surface area contributed by atoms with E-state index in [2.05, 4.69) is 17.4 Å². The number of aryl methyl sites for hydroxylation is 2. The molecule has 1 atom stereocenters. The average molecular weight is 481 g/mol. The minimum atomic E-state index is -3.48. The Morgan fingerprint density at radius 3 is 2.21 bits per heavy atom. The van der Waals surface area contributed by atoms with Gasteiger partial charge in [0.2, 0.25) is 10.0 Å². The molecule has 0 fully saturated rings. The van der Waals surface area contributed by atoms with Gasteiger partial charge in [-0.1, -0.05) is 60.2 Å². The average Bonchev–Trinajstić information content (AvgIpc) is 2.81. The third kappa shape index (κ3) is 7.92. The first kappa shape index (κ1) is 25.3. The molecular weight excluding hydrogens is 448 g/mol. The van der Waals surface area contributed by atoms with E-state index >= 15 is 0 Å². The summed E-state index contributed by atoms with van der Waals surface area (Å²) < 4.78 is 31.7. The molecule has 0 saturated carbocycles. The van der Waals surface area contributed by atoms with E-state index in [9.17, 15) is 13.2 Å². The van der Waals surface area contributed by atoms with Crippen LogP contribution in [0.2, 0.25) is 0 Å². The van der Waals surface area contributed by atoms with Crippen LogP contribution in [0.1, 0.15) is 30.0 Å². The Balaban J connectivity index is 1.52. The Morgan fingerprint density at radius 1 is 0.941 bits per heavy atom. The van der Waals surface area contributed by atoms with Crippen LogP contribution in [0.15, 0.2) is 78.9 Å². The van der Waals surface area contributed by atoms with E-state index in [0.29, 0.717) is 11.4 Å². The number of amides is 1. The van der Waals surface area contributed by atoms with Crippen molar-refractivity contribution >= 4 is 21.6 Å². The SMILES string of the molecule is Cc1ccc(CN(c2ccc(OCC(=O)N[C@H](C)CCc3ccccc3)cc2)S(C)(=O)=O)cc1. The Bertz CT molecular complexity index is 1160. The first-order chi connectivity index (χ1) is 16.2. The van der Waals surface area contributed by atoms with Gasteiger partial charge in [-0.3, -0.25) is 9.10 Å². The number of carbonyl (C=O) groups excluding carboxylic acids is 1. The highest BCUT2D eigenvalue weighted by molar-refractivity contribution is 7.92. The zero-order chi connectivity index (χ0) is 24.6. The number of nitrogens with one attached hydrogen (secondary N) is 1. The van der Waals surface area contributed by atoms with Crippen molar-refractivity contribution in [2.45, 2.75) is 39.3 Å². The number of carbonyl (C=O) groups is 1. The quantitative estimate of drug-likeness (QED) is 0.439. The number of rotatable bonds is 11. The van der Waals surface area contributed by atoms with Crippen molar-refractivity contribution in [3.05, 3.63) is 95.6 Å². The van der Waals surface area contributed by atoms with Crippen LogP contribution in [0.4, 0.5) is 5.69 Å².